The highest BCUT2D eigenvalue weighted by molar-refractivity contribution is 6.46. The van der Waals surface area contributed by atoms with Gasteiger partial charge in [0, 0.05) is 19.2 Å². The molecule has 1 atom stereocenters. The van der Waals surface area contributed by atoms with Crippen LogP contribution in [0.4, 0.5) is 0 Å². The minimum atomic E-state index is -0.774. The molecule has 1 fully saturated rings. The number of carbonyl (C=O) groups is 2. The van der Waals surface area contributed by atoms with E-state index in [2.05, 4.69) is 0 Å². The van der Waals surface area contributed by atoms with Gasteiger partial charge in [-0.15, -0.1) is 0 Å². The van der Waals surface area contributed by atoms with Gasteiger partial charge < -0.3 is 24.2 Å². The Labute approximate surface area is 236 Å². The molecule has 1 heterocycles. The number of aliphatic hydroxyl groups excluding tert-OH is 1. The van der Waals surface area contributed by atoms with Crippen LogP contribution in [0.1, 0.15) is 59.2 Å². The lowest BCUT2D eigenvalue weighted by Crippen LogP contribution is -2.32. The summed E-state index contributed by atoms with van der Waals surface area (Å²) in [4.78, 5) is 28.0. The Bertz CT molecular complexity index is 1420. The van der Waals surface area contributed by atoms with Crippen molar-refractivity contribution in [3.8, 4) is 11.5 Å². The number of methoxy groups -OCH3 is 2. The third-order valence-electron chi connectivity index (χ3n) is 7.38. The summed E-state index contributed by atoms with van der Waals surface area (Å²) < 4.78 is 16.8. The number of amides is 1. The first-order valence-corrected chi connectivity index (χ1v) is 13.4. The summed E-state index contributed by atoms with van der Waals surface area (Å²) >= 11 is 0. The Morgan fingerprint density at radius 1 is 0.975 bits per heavy atom. The van der Waals surface area contributed by atoms with E-state index >= 15 is 0 Å². The zero-order chi connectivity index (χ0) is 29.0. The van der Waals surface area contributed by atoms with Crippen molar-refractivity contribution in [2.45, 2.75) is 46.3 Å². The summed E-state index contributed by atoms with van der Waals surface area (Å²) in [6, 6.07) is 18.3. The van der Waals surface area contributed by atoms with E-state index in [1.807, 2.05) is 88.4 Å². The summed E-state index contributed by atoms with van der Waals surface area (Å²) in [6.45, 7) is 8.82. The SMILES string of the molecule is COCCN1C(=O)C(=O)/C(=C(/O)c2cc(C(C)C)c(OC)cc2C)C1c1ccc(OCc2ccccc2C)cc1. The van der Waals surface area contributed by atoms with Gasteiger partial charge in [-0.2, -0.15) is 0 Å². The van der Waals surface area contributed by atoms with E-state index < -0.39 is 17.7 Å². The van der Waals surface area contributed by atoms with Gasteiger partial charge in [-0.25, -0.2) is 0 Å². The van der Waals surface area contributed by atoms with Crippen molar-refractivity contribution in [3.05, 3.63) is 99.6 Å². The number of nitrogens with zero attached hydrogens (tertiary/aromatic N) is 1. The van der Waals surface area contributed by atoms with Crippen molar-refractivity contribution in [2.75, 3.05) is 27.4 Å². The number of hydrogen-bond acceptors (Lipinski definition) is 6. The van der Waals surface area contributed by atoms with E-state index in [-0.39, 0.29) is 30.4 Å². The third-order valence-corrected chi connectivity index (χ3v) is 7.38. The first-order chi connectivity index (χ1) is 19.2. The molecule has 1 N–H and O–H groups in total. The fourth-order valence-electron chi connectivity index (χ4n) is 5.05. The summed E-state index contributed by atoms with van der Waals surface area (Å²) in [5.74, 6) is -0.103. The largest absolute Gasteiger partial charge is 0.507 e. The molecular weight excluding hydrogens is 506 g/mol. The van der Waals surface area contributed by atoms with Gasteiger partial charge in [0.1, 0.15) is 23.9 Å². The number of ketones is 1. The number of benzene rings is 3. The molecule has 7 nitrogen and oxygen atoms in total. The first kappa shape index (κ1) is 28.9. The molecule has 3 aromatic rings. The highest BCUT2D eigenvalue weighted by Crippen LogP contribution is 2.41. The zero-order valence-electron chi connectivity index (χ0n) is 24.0. The Balaban J connectivity index is 1.75. The summed E-state index contributed by atoms with van der Waals surface area (Å²) in [5.41, 5.74) is 5.12. The van der Waals surface area contributed by atoms with Crippen LogP contribution in [0.15, 0.2) is 66.2 Å². The molecule has 1 saturated heterocycles. The zero-order valence-corrected chi connectivity index (χ0v) is 24.0. The molecule has 0 radical (unpaired) electrons. The van der Waals surface area contributed by atoms with E-state index in [9.17, 15) is 14.7 Å². The lowest BCUT2D eigenvalue weighted by atomic mass is 9.91. The van der Waals surface area contributed by atoms with Crippen molar-refractivity contribution < 1.29 is 28.9 Å². The van der Waals surface area contributed by atoms with Crippen molar-refractivity contribution in [1.82, 2.24) is 4.90 Å². The minimum Gasteiger partial charge on any atom is -0.507 e. The highest BCUT2D eigenvalue weighted by atomic mass is 16.5. The van der Waals surface area contributed by atoms with Crippen LogP contribution >= 0.6 is 0 Å². The third kappa shape index (κ3) is 5.75. The predicted octanol–water partition coefficient (Wildman–Crippen LogP) is 6.08. The second-order valence-electron chi connectivity index (χ2n) is 10.3. The molecule has 1 unspecified atom stereocenters. The molecule has 1 aliphatic rings. The summed E-state index contributed by atoms with van der Waals surface area (Å²) in [6.07, 6.45) is 0. The van der Waals surface area contributed by atoms with Gasteiger partial charge in [0.25, 0.3) is 11.7 Å². The van der Waals surface area contributed by atoms with Gasteiger partial charge in [0.2, 0.25) is 0 Å². The van der Waals surface area contributed by atoms with E-state index in [0.717, 1.165) is 22.3 Å². The van der Waals surface area contributed by atoms with E-state index in [0.29, 0.717) is 29.2 Å². The van der Waals surface area contributed by atoms with Crippen LogP contribution in [0.25, 0.3) is 5.76 Å². The highest BCUT2D eigenvalue weighted by Gasteiger charge is 2.46. The quantitative estimate of drug-likeness (QED) is 0.189. The number of ether oxygens (including phenoxy) is 3. The van der Waals surface area contributed by atoms with Crippen molar-refractivity contribution in [3.63, 3.8) is 0 Å². The molecule has 0 spiro atoms. The molecule has 0 aromatic heterocycles. The van der Waals surface area contributed by atoms with Crippen LogP contribution in [0.5, 0.6) is 11.5 Å². The van der Waals surface area contributed by atoms with E-state index in [1.54, 1.807) is 14.2 Å². The molecule has 7 heteroatoms. The van der Waals surface area contributed by atoms with Crippen LogP contribution in [-0.2, 0) is 20.9 Å². The monoisotopic (exact) mass is 543 g/mol. The fourth-order valence-corrected chi connectivity index (χ4v) is 5.05. The smallest absolute Gasteiger partial charge is 0.295 e. The van der Waals surface area contributed by atoms with Gasteiger partial charge in [0.15, 0.2) is 0 Å². The van der Waals surface area contributed by atoms with E-state index in [1.165, 1.54) is 4.90 Å². The molecule has 0 bridgehead atoms. The number of rotatable bonds is 10. The molecule has 210 valence electrons. The lowest BCUT2D eigenvalue weighted by molar-refractivity contribution is -0.140. The van der Waals surface area contributed by atoms with Crippen LogP contribution < -0.4 is 9.47 Å². The maximum atomic E-state index is 13.4. The number of hydrogen-bond donors (Lipinski definition) is 1. The topological polar surface area (TPSA) is 85.3 Å². The fraction of sp³-hybridized carbons (Fsp3) is 0.333. The molecule has 40 heavy (non-hydrogen) atoms. The van der Waals surface area contributed by atoms with Crippen molar-refractivity contribution in [1.29, 1.82) is 0 Å². The minimum absolute atomic E-state index is 0.0534. The van der Waals surface area contributed by atoms with Crippen molar-refractivity contribution in [2.24, 2.45) is 0 Å². The standard InChI is InChI=1S/C33H37NO6/c1-20(2)26-18-27(22(4)17-28(26)39-6)31(35)29-30(34(15-16-38-5)33(37)32(29)36)23-11-13-25(14-12-23)40-19-24-10-8-7-9-21(24)3/h7-14,17-18,20,30,35H,15-16,19H2,1-6H3/b31-29+. The van der Waals surface area contributed by atoms with Crippen LogP contribution in [0.2, 0.25) is 0 Å². The Kier molecular flexibility index (Phi) is 8.95. The maximum Gasteiger partial charge on any atom is 0.295 e. The molecule has 3 aromatic carbocycles. The number of Topliss-reactive ketones (excluding diaryl/α,β-unsaturated/α-hetero) is 1. The molecule has 0 saturated carbocycles. The molecule has 1 aliphatic heterocycles. The van der Waals surface area contributed by atoms with Gasteiger partial charge >= 0.3 is 0 Å². The predicted molar refractivity (Wildman–Crippen MR) is 155 cm³/mol. The number of aryl methyl sites for hydroxylation is 2. The number of likely N-dealkylation sites (tertiary alicyclic amines) is 1. The van der Waals surface area contributed by atoms with Gasteiger partial charge in [0.05, 0.1) is 25.3 Å². The average Bonchev–Trinajstić information content (AvgIpc) is 3.20. The molecule has 4 rings (SSSR count). The first-order valence-electron chi connectivity index (χ1n) is 13.4. The Hall–Kier alpha value is -4.10. The van der Waals surface area contributed by atoms with Crippen LogP contribution in [0, 0.1) is 13.8 Å². The Morgan fingerprint density at radius 2 is 1.68 bits per heavy atom. The summed E-state index contributed by atoms with van der Waals surface area (Å²) in [7, 11) is 3.15. The second-order valence-corrected chi connectivity index (χ2v) is 10.3. The Morgan fingerprint density at radius 3 is 2.30 bits per heavy atom. The van der Waals surface area contributed by atoms with Gasteiger partial charge in [-0.1, -0.05) is 50.2 Å². The maximum absolute atomic E-state index is 13.4. The van der Waals surface area contributed by atoms with Gasteiger partial charge in [-0.3, -0.25) is 9.59 Å². The molecule has 0 aliphatic carbocycles. The van der Waals surface area contributed by atoms with Crippen molar-refractivity contribution >= 4 is 17.4 Å². The molecular formula is C33H37NO6. The van der Waals surface area contributed by atoms with Gasteiger partial charge in [-0.05, 0) is 71.8 Å². The second kappa shape index (κ2) is 12.4. The number of carbonyl (C=O) groups excluding carboxylic acids is 2. The van der Waals surface area contributed by atoms with Crippen LogP contribution in [0.3, 0.4) is 0 Å². The summed E-state index contributed by atoms with van der Waals surface area (Å²) in [5, 5.41) is 11.6. The average molecular weight is 544 g/mol. The normalized spacial score (nSPS) is 16.6. The number of aliphatic hydroxyl groups is 1. The van der Waals surface area contributed by atoms with E-state index in [4.69, 9.17) is 14.2 Å². The lowest BCUT2D eigenvalue weighted by Gasteiger charge is -2.25. The van der Waals surface area contributed by atoms with Crippen LogP contribution in [-0.4, -0.2) is 49.1 Å². The molecule has 1 amide bonds.